The second-order valence-electron chi connectivity index (χ2n) is 5.46. The highest BCUT2D eigenvalue weighted by molar-refractivity contribution is 5.59. The van der Waals surface area contributed by atoms with Crippen LogP contribution in [0.5, 0.6) is 5.75 Å². The van der Waals surface area contributed by atoms with Crippen LogP contribution in [-0.2, 0) is 19.5 Å². The van der Waals surface area contributed by atoms with Crippen LogP contribution in [0.1, 0.15) is 35.9 Å². The Bertz CT molecular complexity index is 667. The van der Waals surface area contributed by atoms with E-state index in [4.69, 9.17) is 14.7 Å². The van der Waals surface area contributed by atoms with Crippen LogP contribution in [-0.4, -0.2) is 17.1 Å². The molecular formula is C17H21N3O. The van der Waals surface area contributed by atoms with Gasteiger partial charge in [0, 0.05) is 29.9 Å². The van der Waals surface area contributed by atoms with Crippen LogP contribution in [0.3, 0.4) is 0 Å². The Morgan fingerprint density at radius 3 is 2.81 bits per heavy atom. The summed E-state index contributed by atoms with van der Waals surface area (Å²) < 4.78 is 5.32. The van der Waals surface area contributed by atoms with Gasteiger partial charge in [0.15, 0.2) is 5.82 Å². The van der Waals surface area contributed by atoms with E-state index in [-0.39, 0.29) is 0 Å². The fourth-order valence-corrected chi connectivity index (χ4v) is 2.83. The molecule has 110 valence electrons. The van der Waals surface area contributed by atoms with Gasteiger partial charge in [0.25, 0.3) is 0 Å². The average Bonchev–Trinajstić information content (AvgIpc) is 2.96. The maximum absolute atomic E-state index is 5.32. The molecule has 1 aliphatic heterocycles. The van der Waals surface area contributed by atoms with Crippen molar-refractivity contribution >= 4 is 0 Å². The van der Waals surface area contributed by atoms with Crippen molar-refractivity contribution < 1.29 is 4.74 Å². The van der Waals surface area contributed by atoms with Gasteiger partial charge in [-0.2, -0.15) is 0 Å². The Hall–Kier alpha value is -1.94. The summed E-state index contributed by atoms with van der Waals surface area (Å²) in [5, 5.41) is 3.37. The maximum atomic E-state index is 5.32. The zero-order valence-electron chi connectivity index (χ0n) is 12.9. The number of rotatable bonds is 4. The monoisotopic (exact) mass is 283 g/mol. The Labute approximate surface area is 125 Å². The minimum atomic E-state index is 0.826. The summed E-state index contributed by atoms with van der Waals surface area (Å²) in [6.45, 7) is 5.97. The highest BCUT2D eigenvalue weighted by Gasteiger charge is 2.19. The van der Waals surface area contributed by atoms with Crippen molar-refractivity contribution in [3.8, 4) is 17.1 Å². The summed E-state index contributed by atoms with van der Waals surface area (Å²) >= 11 is 0. The number of aromatic nitrogens is 2. The number of benzene rings is 1. The predicted octanol–water partition coefficient (Wildman–Crippen LogP) is 3.02. The molecule has 0 amide bonds. The first-order chi connectivity index (χ1) is 10.2. The molecule has 0 bridgehead atoms. The normalized spacial score (nSPS) is 13.3. The summed E-state index contributed by atoms with van der Waals surface area (Å²) in [5.74, 6) is 1.72. The first kappa shape index (κ1) is 14.0. The summed E-state index contributed by atoms with van der Waals surface area (Å²) in [6.07, 6.45) is 2.11. The van der Waals surface area contributed by atoms with Crippen LogP contribution in [0.25, 0.3) is 11.4 Å². The summed E-state index contributed by atoms with van der Waals surface area (Å²) in [7, 11) is 1.69. The van der Waals surface area contributed by atoms with E-state index in [9.17, 15) is 0 Å². The molecular weight excluding hydrogens is 262 g/mol. The summed E-state index contributed by atoms with van der Waals surface area (Å²) in [4.78, 5) is 9.56. The van der Waals surface area contributed by atoms with Crippen LogP contribution < -0.4 is 10.1 Å². The minimum absolute atomic E-state index is 0.826. The summed E-state index contributed by atoms with van der Waals surface area (Å²) in [5.41, 5.74) is 5.80. The topological polar surface area (TPSA) is 47.0 Å². The number of nitrogens with zero attached hydrogens (tertiary/aromatic N) is 2. The third-order valence-corrected chi connectivity index (χ3v) is 3.91. The molecule has 1 aromatic heterocycles. The van der Waals surface area contributed by atoms with Crippen molar-refractivity contribution in [3.63, 3.8) is 0 Å². The van der Waals surface area contributed by atoms with E-state index in [0.717, 1.165) is 54.3 Å². The zero-order chi connectivity index (χ0) is 14.8. The quantitative estimate of drug-likeness (QED) is 0.937. The minimum Gasteiger partial charge on any atom is -0.496 e. The smallest absolute Gasteiger partial charge is 0.159 e. The maximum Gasteiger partial charge on any atom is 0.159 e. The highest BCUT2D eigenvalue weighted by atomic mass is 16.5. The van der Waals surface area contributed by atoms with Crippen LogP contribution in [0, 0.1) is 6.92 Å². The Balaban J connectivity index is 2.06. The molecule has 3 rings (SSSR count). The Kier molecular flexibility index (Phi) is 3.88. The second-order valence-corrected chi connectivity index (χ2v) is 5.46. The van der Waals surface area contributed by atoms with Gasteiger partial charge >= 0.3 is 0 Å². The fraction of sp³-hybridized carbons (Fsp3) is 0.412. The molecule has 1 N–H and O–H groups in total. The third kappa shape index (κ3) is 2.63. The summed E-state index contributed by atoms with van der Waals surface area (Å²) in [6, 6.07) is 6.11. The molecule has 0 fully saturated rings. The lowest BCUT2D eigenvalue weighted by Crippen LogP contribution is -2.04. The van der Waals surface area contributed by atoms with Gasteiger partial charge in [-0.3, -0.25) is 0 Å². The van der Waals surface area contributed by atoms with E-state index < -0.39 is 0 Å². The molecule has 0 aliphatic carbocycles. The molecule has 0 saturated heterocycles. The largest absolute Gasteiger partial charge is 0.496 e. The van der Waals surface area contributed by atoms with E-state index in [0.29, 0.717) is 0 Å². The van der Waals surface area contributed by atoms with Crippen LogP contribution >= 0.6 is 0 Å². The standard InChI is InChI=1S/C17H21N3O/c1-4-5-14-13-9-18-10-15(13)20-17(19-14)12-6-7-16(21-3)11(2)8-12/h6-8,18H,4-5,9-10H2,1-3H3. The average molecular weight is 283 g/mol. The first-order valence-electron chi connectivity index (χ1n) is 7.47. The number of hydrogen-bond acceptors (Lipinski definition) is 4. The van der Waals surface area contributed by atoms with Gasteiger partial charge in [-0.25, -0.2) is 9.97 Å². The lowest BCUT2D eigenvalue weighted by atomic mass is 10.1. The molecule has 2 aromatic rings. The molecule has 1 aliphatic rings. The van der Waals surface area contributed by atoms with Gasteiger partial charge < -0.3 is 10.1 Å². The molecule has 4 nitrogen and oxygen atoms in total. The number of aryl methyl sites for hydroxylation is 2. The fourth-order valence-electron chi connectivity index (χ4n) is 2.83. The van der Waals surface area contributed by atoms with Crippen molar-refractivity contribution in [2.45, 2.75) is 39.8 Å². The van der Waals surface area contributed by atoms with E-state index >= 15 is 0 Å². The SMILES string of the molecule is CCCc1nc(-c2ccc(OC)c(C)c2)nc2c1CNC2. The van der Waals surface area contributed by atoms with Gasteiger partial charge in [0.1, 0.15) is 5.75 Å². The zero-order valence-corrected chi connectivity index (χ0v) is 12.9. The van der Waals surface area contributed by atoms with Gasteiger partial charge in [-0.05, 0) is 37.1 Å². The lowest BCUT2D eigenvalue weighted by molar-refractivity contribution is 0.412. The molecule has 0 spiro atoms. The number of fused-ring (bicyclic) bond motifs is 1. The first-order valence-corrected chi connectivity index (χ1v) is 7.47. The van der Waals surface area contributed by atoms with Gasteiger partial charge in [-0.15, -0.1) is 0 Å². The van der Waals surface area contributed by atoms with Gasteiger partial charge in [0.2, 0.25) is 0 Å². The van der Waals surface area contributed by atoms with Crippen LogP contribution in [0.2, 0.25) is 0 Å². The van der Waals surface area contributed by atoms with E-state index in [1.807, 2.05) is 19.1 Å². The Morgan fingerprint density at radius 1 is 1.24 bits per heavy atom. The molecule has 4 heteroatoms. The van der Waals surface area contributed by atoms with E-state index in [2.05, 4.69) is 18.3 Å². The molecule has 0 radical (unpaired) electrons. The van der Waals surface area contributed by atoms with Crippen molar-refractivity contribution in [3.05, 3.63) is 40.7 Å². The van der Waals surface area contributed by atoms with Crippen molar-refractivity contribution in [1.29, 1.82) is 0 Å². The van der Waals surface area contributed by atoms with Gasteiger partial charge in [-0.1, -0.05) is 13.3 Å². The second kappa shape index (κ2) is 5.82. The van der Waals surface area contributed by atoms with Crippen molar-refractivity contribution in [1.82, 2.24) is 15.3 Å². The van der Waals surface area contributed by atoms with Crippen LogP contribution in [0.15, 0.2) is 18.2 Å². The van der Waals surface area contributed by atoms with Gasteiger partial charge in [0.05, 0.1) is 12.8 Å². The van der Waals surface area contributed by atoms with Crippen molar-refractivity contribution in [2.24, 2.45) is 0 Å². The number of ether oxygens (including phenoxy) is 1. The number of nitrogens with one attached hydrogen (secondary N) is 1. The highest BCUT2D eigenvalue weighted by Crippen LogP contribution is 2.27. The third-order valence-electron chi connectivity index (χ3n) is 3.91. The molecule has 0 atom stereocenters. The molecule has 1 aromatic carbocycles. The van der Waals surface area contributed by atoms with E-state index in [1.54, 1.807) is 7.11 Å². The number of hydrogen-bond donors (Lipinski definition) is 1. The molecule has 21 heavy (non-hydrogen) atoms. The van der Waals surface area contributed by atoms with E-state index in [1.165, 1.54) is 11.3 Å². The predicted molar refractivity (Wildman–Crippen MR) is 83.3 cm³/mol. The molecule has 2 heterocycles. The number of methoxy groups -OCH3 is 1. The lowest BCUT2D eigenvalue weighted by Gasteiger charge is -2.11. The Morgan fingerprint density at radius 2 is 2.10 bits per heavy atom. The molecule has 0 saturated carbocycles. The van der Waals surface area contributed by atoms with Crippen molar-refractivity contribution in [2.75, 3.05) is 7.11 Å². The van der Waals surface area contributed by atoms with Crippen LogP contribution in [0.4, 0.5) is 0 Å². The molecule has 0 unspecified atom stereocenters.